The van der Waals surface area contributed by atoms with Crippen molar-refractivity contribution in [2.24, 2.45) is 0 Å². The molecule has 0 aromatic carbocycles. The molecule has 0 spiro atoms. The Hall–Kier alpha value is -1.26. The second-order valence-electron chi connectivity index (χ2n) is 2.69. The highest BCUT2D eigenvalue weighted by molar-refractivity contribution is 5.29. The number of nitrogens with two attached hydrogens (primary N) is 1. The van der Waals surface area contributed by atoms with Crippen LogP contribution in [0.5, 0.6) is 0 Å². The molecule has 0 amide bonds. The Labute approximate surface area is 71.8 Å². The summed E-state index contributed by atoms with van der Waals surface area (Å²) >= 11 is 0. The molecule has 0 unspecified atom stereocenters. The lowest BCUT2D eigenvalue weighted by Gasteiger charge is -1.99. The SMILES string of the molecule is CCCCCNc1nnc(N)[nH]1. The van der Waals surface area contributed by atoms with Crippen molar-refractivity contribution in [1.29, 1.82) is 0 Å². The first-order chi connectivity index (χ1) is 5.83. The minimum Gasteiger partial charge on any atom is -0.368 e. The molecule has 68 valence electrons. The van der Waals surface area contributed by atoms with Gasteiger partial charge < -0.3 is 11.1 Å². The molecule has 1 aromatic rings. The monoisotopic (exact) mass is 169 g/mol. The van der Waals surface area contributed by atoms with Gasteiger partial charge in [0.25, 0.3) is 0 Å². The van der Waals surface area contributed by atoms with Crippen LogP contribution in [0.25, 0.3) is 0 Å². The van der Waals surface area contributed by atoms with Crippen molar-refractivity contribution in [3.05, 3.63) is 0 Å². The Kier molecular flexibility index (Phi) is 3.37. The van der Waals surface area contributed by atoms with E-state index >= 15 is 0 Å². The van der Waals surface area contributed by atoms with Crippen LogP contribution < -0.4 is 11.1 Å². The Morgan fingerprint density at radius 3 is 2.83 bits per heavy atom. The molecule has 0 fully saturated rings. The van der Waals surface area contributed by atoms with E-state index in [4.69, 9.17) is 5.73 Å². The third-order valence-corrected chi connectivity index (χ3v) is 1.58. The summed E-state index contributed by atoms with van der Waals surface area (Å²) in [5.41, 5.74) is 5.34. The normalized spacial score (nSPS) is 10.1. The summed E-state index contributed by atoms with van der Waals surface area (Å²) in [6.45, 7) is 3.09. The van der Waals surface area contributed by atoms with E-state index in [1.54, 1.807) is 0 Å². The molecule has 12 heavy (non-hydrogen) atoms. The predicted octanol–water partition coefficient (Wildman–Crippen LogP) is 0.989. The Morgan fingerprint density at radius 1 is 1.42 bits per heavy atom. The number of aromatic amines is 1. The maximum absolute atomic E-state index is 5.34. The van der Waals surface area contributed by atoms with Gasteiger partial charge in [-0.2, -0.15) is 0 Å². The second kappa shape index (κ2) is 4.58. The minimum atomic E-state index is 0.355. The molecule has 1 rings (SSSR count). The highest BCUT2D eigenvalue weighted by Crippen LogP contribution is 2.00. The zero-order chi connectivity index (χ0) is 8.81. The summed E-state index contributed by atoms with van der Waals surface area (Å²) in [6, 6.07) is 0. The number of nitrogens with zero attached hydrogens (tertiary/aromatic N) is 2. The maximum Gasteiger partial charge on any atom is 0.223 e. The molecular weight excluding hydrogens is 154 g/mol. The first-order valence-electron chi connectivity index (χ1n) is 4.25. The van der Waals surface area contributed by atoms with Crippen LogP contribution in [0.4, 0.5) is 11.9 Å². The van der Waals surface area contributed by atoms with Crippen molar-refractivity contribution in [3.8, 4) is 0 Å². The number of H-pyrrole nitrogens is 1. The van der Waals surface area contributed by atoms with Gasteiger partial charge >= 0.3 is 0 Å². The van der Waals surface area contributed by atoms with Crippen LogP contribution in [0.1, 0.15) is 26.2 Å². The van der Waals surface area contributed by atoms with Gasteiger partial charge in [0.1, 0.15) is 0 Å². The number of unbranched alkanes of at least 4 members (excludes halogenated alkanes) is 2. The Balaban J connectivity index is 2.15. The van der Waals surface area contributed by atoms with Crippen LogP contribution >= 0.6 is 0 Å². The van der Waals surface area contributed by atoms with E-state index in [2.05, 4.69) is 27.4 Å². The molecule has 0 bridgehead atoms. The van der Waals surface area contributed by atoms with E-state index in [1.807, 2.05) is 0 Å². The van der Waals surface area contributed by atoms with Gasteiger partial charge in [0.05, 0.1) is 0 Å². The summed E-state index contributed by atoms with van der Waals surface area (Å²) < 4.78 is 0. The van der Waals surface area contributed by atoms with Gasteiger partial charge in [0, 0.05) is 6.54 Å². The smallest absolute Gasteiger partial charge is 0.223 e. The molecule has 0 aliphatic heterocycles. The van der Waals surface area contributed by atoms with Gasteiger partial charge in [-0.25, -0.2) is 0 Å². The molecule has 0 aliphatic carbocycles. The van der Waals surface area contributed by atoms with Gasteiger partial charge in [-0.1, -0.05) is 19.8 Å². The van der Waals surface area contributed by atoms with Crippen LogP contribution in [-0.2, 0) is 0 Å². The van der Waals surface area contributed by atoms with E-state index < -0.39 is 0 Å². The van der Waals surface area contributed by atoms with E-state index in [0.717, 1.165) is 13.0 Å². The lowest BCUT2D eigenvalue weighted by molar-refractivity contribution is 0.740. The van der Waals surface area contributed by atoms with Crippen molar-refractivity contribution < 1.29 is 0 Å². The predicted molar refractivity (Wildman–Crippen MR) is 48.8 cm³/mol. The van der Waals surface area contributed by atoms with Crippen molar-refractivity contribution in [2.75, 3.05) is 17.6 Å². The van der Waals surface area contributed by atoms with Crippen molar-refractivity contribution in [1.82, 2.24) is 15.2 Å². The number of rotatable bonds is 5. The zero-order valence-corrected chi connectivity index (χ0v) is 7.30. The molecule has 0 saturated heterocycles. The molecule has 5 heteroatoms. The van der Waals surface area contributed by atoms with Gasteiger partial charge in [0.2, 0.25) is 11.9 Å². The average molecular weight is 169 g/mol. The van der Waals surface area contributed by atoms with E-state index in [-0.39, 0.29) is 0 Å². The Bertz CT molecular complexity index is 219. The van der Waals surface area contributed by atoms with Gasteiger partial charge in [0.15, 0.2) is 0 Å². The molecule has 1 heterocycles. The minimum absolute atomic E-state index is 0.355. The number of hydrogen-bond donors (Lipinski definition) is 3. The summed E-state index contributed by atoms with van der Waals surface area (Å²) in [7, 11) is 0. The van der Waals surface area contributed by atoms with Crippen LogP contribution in [0, 0.1) is 0 Å². The highest BCUT2D eigenvalue weighted by atomic mass is 15.3. The van der Waals surface area contributed by atoms with Gasteiger partial charge in [-0.05, 0) is 6.42 Å². The molecule has 1 aromatic heterocycles. The summed E-state index contributed by atoms with van der Waals surface area (Å²) in [5.74, 6) is 1.01. The van der Waals surface area contributed by atoms with Crippen molar-refractivity contribution in [2.45, 2.75) is 26.2 Å². The highest BCUT2D eigenvalue weighted by Gasteiger charge is 1.95. The molecule has 0 radical (unpaired) electrons. The number of nitrogens with one attached hydrogen (secondary N) is 2. The number of aromatic nitrogens is 3. The van der Waals surface area contributed by atoms with Crippen molar-refractivity contribution in [3.63, 3.8) is 0 Å². The third-order valence-electron chi connectivity index (χ3n) is 1.58. The topological polar surface area (TPSA) is 79.6 Å². The molecule has 4 N–H and O–H groups in total. The second-order valence-corrected chi connectivity index (χ2v) is 2.69. The number of anilines is 2. The summed E-state index contributed by atoms with van der Waals surface area (Å²) in [6.07, 6.45) is 3.61. The first-order valence-corrected chi connectivity index (χ1v) is 4.25. The van der Waals surface area contributed by atoms with Crippen LogP contribution in [0.2, 0.25) is 0 Å². The van der Waals surface area contributed by atoms with E-state index in [0.29, 0.717) is 11.9 Å². The maximum atomic E-state index is 5.34. The van der Waals surface area contributed by atoms with Crippen LogP contribution in [-0.4, -0.2) is 21.7 Å². The summed E-state index contributed by atoms with van der Waals surface area (Å²) in [5, 5.41) is 10.5. The molecular formula is C7H15N5. The van der Waals surface area contributed by atoms with E-state index in [1.165, 1.54) is 12.8 Å². The van der Waals surface area contributed by atoms with Gasteiger partial charge in [-0.15, -0.1) is 10.2 Å². The third kappa shape index (κ3) is 2.77. The Morgan fingerprint density at radius 2 is 2.25 bits per heavy atom. The number of hydrogen-bond acceptors (Lipinski definition) is 4. The molecule has 0 atom stereocenters. The molecule has 0 saturated carbocycles. The first kappa shape index (κ1) is 8.83. The fraction of sp³-hybridized carbons (Fsp3) is 0.714. The summed E-state index contributed by atoms with van der Waals surface area (Å²) in [4.78, 5) is 2.80. The molecule has 0 aliphatic rings. The largest absolute Gasteiger partial charge is 0.368 e. The lowest BCUT2D eigenvalue weighted by Crippen LogP contribution is -2.02. The van der Waals surface area contributed by atoms with E-state index in [9.17, 15) is 0 Å². The zero-order valence-electron chi connectivity index (χ0n) is 7.30. The average Bonchev–Trinajstić information content (AvgIpc) is 2.45. The van der Waals surface area contributed by atoms with Gasteiger partial charge in [-0.3, -0.25) is 4.98 Å². The van der Waals surface area contributed by atoms with Crippen molar-refractivity contribution >= 4 is 11.9 Å². The van der Waals surface area contributed by atoms with Crippen LogP contribution in [0.3, 0.4) is 0 Å². The number of nitrogen functional groups attached to an aromatic ring is 1. The quantitative estimate of drug-likeness (QED) is 0.574. The fourth-order valence-electron chi connectivity index (χ4n) is 0.937. The lowest BCUT2D eigenvalue weighted by atomic mass is 10.2. The fourth-order valence-corrected chi connectivity index (χ4v) is 0.937. The standard InChI is InChI=1S/C7H15N5/c1-2-3-4-5-9-7-10-6(8)11-12-7/h2-5H2,1H3,(H4,8,9,10,11,12). The van der Waals surface area contributed by atoms with Crippen LogP contribution in [0.15, 0.2) is 0 Å². The molecule has 5 nitrogen and oxygen atoms in total.